The molecule has 0 spiro atoms. The van der Waals surface area contributed by atoms with E-state index < -0.39 is 0 Å². The molecule has 0 heteroatoms. The van der Waals surface area contributed by atoms with E-state index in [4.69, 9.17) is 0 Å². The maximum atomic E-state index is 2.16. The van der Waals surface area contributed by atoms with Crippen LogP contribution in [0.15, 0.2) is 30.3 Å². The van der Waals surface area contributed by atoms with Crippen molar-refractivity contribution in [2.45, 2.75) is 13.3 Å². The predicted molar refractivity (Wildman–Crippen MR) is 40.1 cm³/mol. The lowest BCUT2D eigenvalue weighted by Gasteiger charge is -1.93. The lowest BCUT2D eigenvalue weighted by Crippen LogP contribution is -1.79. The first-order valence-electron chi connectivity index (χ1n) is 3.25. The van der Waals surface area contributed by atoms with Crippen LogP contribution >= 0.6 is 0 Å². The molecule has 47 valence electrons. The summed E-state index contributed by atoms with van der Waals surface area (Å²) in [7, 11) is 0. The third kappa shape index (κ3) is 1.88. The molecular weight excluding hydrogens is 108 g/mol. The number of benzene rings is 1. The first-order valence-corrected chi connectivity index (χ1v) is 3.25. The molecule has 0 fully saturated rings. The molecule has 0 nitrogen and oxygen atoms in total. The van der Waals surface area contributed by atoms with Gasteiger partial charge in [0, 0.05) is 0 Å². The molecule has 1 aromatic carbocycles. The van der Waals surface area contributed by atoms with Gasteiger partial charge in [-0.2, -0.15) is 0 Å². The Hall–Kier alpha value is -0.780. The van der Waals surface area contributed by atoms with Gasteiger partial charge in [-0.25, -0.2) is 0 Å². The molecule has 0 bridgehead atoms. The molecule has 0 aliphatic carbocycles. The van der Waals surface area contributed by atoms with Crippen LogP contribution in [0.5, 0.6) is 0 Å². The van der Waals surface area contributed by atoms with E-state index in [1.54, 1.807) is 0 Å². The van der Waals surface area contributed by atoms with E-state index >= 15 is 0 Å². The molecule has 0 unspecified atom stereocenters. The highest BCUT2D eigenvalue weighted by Gasteiger charge is 1.84. The van der Waals surface area contributed by atoms with E-state index in [0.29, 0.717) is 0 Å². The van der Waals surface area contributed by atoms with Crippen molar-refractivity contribution in [1.82, 2.24) is 0 Å². The fourth-order valence-corrected chi connectivity index (χ4v) is 0.850. The summed E-state index contributed by atoms with van der Waals surface area (Å²) in [4.78, 5) is 0. The highest BCUT2D eigenvalue weighted by molar-refractivity contribution is 5.15. The summed E-state index contributed by atoms with van der Waals surface area (Å²) >= 11 is 0. The third-order valence-electron chi connectivity index (χ3n) is 1.28. The minimum atomic E-state index is 1.08. The Labute approximate surface area is 56.5 Å². The first kappa shape index (κ1) is 6.34. The van der Waals surface area contributed by atoms with Crippen LogP contribution in [0.4, 0.5) is 0 Å². The van der Waals surface area contributed by atoms with Gasteiger partial charge in [-0.15, -0.1) is 0 Å². The second-order valence-corrected chi connectivity index (χ2v) is 2.10. The fraction of sp³-hybridized carbons (Fsp3) is 0.222. The summed E-state index contributed by atoms with van der Waals surface area (Å²) in [5.41, 5.74) is 1.39. The van der Waals surface area contributed by atoms with Crippen LogP contribution in [0.3, 0.4) is 0 Å². The van der Waals surface area contributed by atoms with Crippen LogP contribution in [-0.2, 0) is 6.42 Å². The summed E-state index contributed by atoms with van der Waals surface area (Å²) in [5, 5.41) is 0. The molecule has 0 saturated carbocycles. The predicted octanol–water partition coefficient (Wildman–Crippen LogP) is 2.45. The zero-order valence-corrected chi connectivity index (χ0v) is 5.67. The van der Waals surface area contributed by atoms with Gasteiger partial charge in [0.25, 0.3) is 0 Å². The second-order valence-electron chi connectivity index (χ2n) is 2.10. The monoisotopic (exact) mass is 119 g/mol. The van der Waals surface area contributed by atoms with E-state index in [9.17, 15) is 0 Å². The van der Waals surface area contributed by atoms with Gasteiger partial charge in [0.1, 0.15) is 0 Å². The zero-order chi connectivity index (χ0) is 6.53. The van der Waals surface area contributed by atoms with Crippen molar-refractivity contribution in [3.8, 4) is 0 Å². The molecule has 0 heterocycles. The Balaban J connectivity index is 2.61. The molecule has 0 aliphatic rings. The van der Waals surface area contributed by atoms with Crippen molar-refractivity contribution in [2.75, 3.05) is 0 Å². The van der Waals surface area contributed by atoms with Gasteiger partial charge in [0.15, 0.2) is 0 Å². The van der Waals surface area contributed by atoms with Gasteiger partial charge in [-0.1, -0.05) is 37.3 Å². The maximum absolute atomic E-state index is 2.16. The lowest BCUT2D eigenvalue weighted by atomic mass is 10.1. The summed E-state index contributed by atoms with van der Waals surface area (Å²) in [6.07, 6.45) is 3.25. The van der Waals surface area contributed by atoms with Crippen LogP contribution in [0.25, 0.3) is 0 Å². The van der Waals surface area contributed by atoms with E-state index in [1.807, 2.05) is 6.07 Å². The topological polar surface area (TPSA) is 0 Å². The average molecular weight is 119 g/mol. The molecular formula is C9H11. The van der Waals surface area contributed by atoms with Crippen LogP contribution in [0.1, 0.15) is 12.5 Å². The first-order chi connectivity index (χ1) is 4.43. The quantitative estimate of drug-likeness (QED) is 0.561. The van der Waals surface area contributed by atoms with Crippen molar-refractivity contribution >= 4 is 0 Å². The zero-order valence-electron chi connectivity index (χ0n) is 5.67. The number of hydrogen-bond acceptors (Lipinski definition) is 0. The highest BCUT2D eigenvalue weighted by Crippen LogP contribution is 1.99. The van der Waals surface area contributed by atoms with Gasteiger partial charge in [-0.3, -0.25) is 0 Å². The molecule has 0 amide bonds. The minimum Gasteiger partial charge on any atom is -0.0622 e. The number of hydrogen-bond donors (Lipinski definition) is 0. The van der Waals surface area contributed by atoms with E-state index in [1.165, 1.54) is 5.56 Å². The molecule has 1 rings (SSSR count). The van der Waals surface area contributed by atoms with Gasteiger partial charge < -0.3 is 0 Å². The molecule has 0 atom stereocenters. The standard InChI is InChI=1S/C9H11/c1-2-6-9-7-4-3-5-8-9/h2-5,7-8H,6H2,1H3. The van der Waals surface area contributed by atoms with Crippen molar-refractivity contribution in [1.29, 1.82) is 0 Å². The van der Waals surface area contributed by atoms with Crippen LogP contribution in [0.2, 0.25) is 0 Å². The normalized spacial score (nSPS) is 9.44. The van der Waals surface area contributed by atoms with Gasteiger partial charge in [-0.05, 0) is 18.4 Å². The molecule has 1 aromatic rings. The molecule has 0 saturated heterocycles. The Kier molecular flexibility index (Phi) is 2.32. The maximum Gasteiger partial charge on any atom is -0.0250 e. The Morgan fingerprint density at radius 1 is 1.22 bits per heavy atom. The lowest BCUT2D eigenvalue weighted by molar-refractivity contribution is 1.14. The third-order valence-corrected chi connectivity index (χ3v) is 1.28. The van der Waals surface area contributed by atoms with E-state index in [2.05, 4.69) is 37.6 Å². The van der Waals surface area contributed by atoms with Crippen molar-refractivity contribution < 1.29 is 0 Å². The second kappa shape index (κ2) is 3.29. The Morgan fingerprint density at radius 2 is 1.89 bits per heavy atom. The average Bonchev–Trinajstić information content (AvgIpc) is 1.91. The SMILES string of the molecule is C[CH]Cc1ccccc1. The number of rotatable bonds is 2. The molecule has 1 radical (unpaired) electrons. The Morgan fingerprint density at radius 3 is 2.44 bits per heavy atom. The summed E-state index contributed by atoms with van der Waals surface area (Å²) in [6, 6.07) is 10.5. The summed E-state index contributed by atoms with van der Waals surface area (Å²) in [5.74, 6) is 0. The van der Waals surface area contributed by atoms with Crippen molar-refractivity contribution in [3.05, 3.63) is 42.3 Å². The largest absolute Gasteiger partial charge is 0.0622 e. The van der Waals surface area contributed by atoms with Crippen molar-refractivity contribution in [2.24, 2.45) is 0 Å². The van der Waals surface area contributed by atoms with Crippen LogP contribution in [0, 0.1) is 6.42 Å². The fourth-order valence-electron chi connectivity index (χ4n) is 0.850. The summed E-state index contributed by atoms with van der Waals surface area (Å²) < 4.78 is 0. The van der Waals surface area contributed by atoms with Gasteiger partial charge in [0.2, 0.25) is 0 Å². The molecule has 0 aliphatic heterocycles. The van der Waals surface area contributed by atoms with Crippen molar-refractivity contribution in [3.63, 3.8) is 0 Å². The molecule has 9 heavy (non-hydrogen) atoms. The highest BCUT2D eigenvalue weighted by atomic mass is 13.9. The summed E-state index contributed by atoms with van der Waals surface area (Å²) in [6.45, 7) is 2.08. The Bertz CT molecular complexity index is 153. The van der Waals surface area contributed by atoms with Crippen LogP contribution < -0.4 is 0 Å². The molecule has 0 aromatic heterocycles. The minimum absolute atomic E-state index is 1.08. The van der Waals surface area contributed by atoms with E-state index in [0.717, 1.165) is 6.42 Å². The molecule has 0 N–H and O–H groups in total. The van der Waals surface area contributed by atoms with Gasteiger partial charge in [0.05, 0.1) is 0 Å². The van der Waals surface area contributed by atoms with E-state index in [-0.39, 0.29) is 0 Å². The van der Waals surface area contributed by atoms with Gasteiger partial charge >= 0.3 is 0 Å². The van der Waals surface area contributed by atoms with Crippen LogP contribution in [-0.4, -0.2) is 0 Å². The smallest absolute Gasteiger partial charge is 0.0250 e.